The van der Waals surface area contributed by atoms with Crippen molar-refractivity contribution in [2.24, 2.45) is 0 Å². The Labute approximate surface area is 91.6 Å². The lowest BCUT2D eigenvalue weighted by Crippen LogP contribution is -2.07. The van der Waals surface area contributed by atoms with E-state index in [9.17, 15) is 4.79 Å². The van der Waals surface area contributed by atoms with Crippen LogP contribution >= 0.6 is 0 Å². The average Bonchev–Trinajstić information content (AvgIpc) is 2.27. The van der Waals surface area contributed by atoms with Gasteiger partial charge in [0.25, 0.3) is 5.56 Å². The molecule has 0 bridgehead atoms. The third-order valence-electron chi connectivity index (χ3n) is 2.23. The second-order valence-electron chi connectivity index (χ2n) is 3.24. The van der Waals surface area contributed by atoms with E-state index in [0.717, 1.165) is 0 Å². The van der Waals surface area contributed by atoms with Crippen LogP contribution in [0.3, 0.4) is 0 Å². The molecule has 5 heteroatoms. The number of hydrogen-bond acceptors (Lipinski definition) is 5. The van der Waals surface area contributed by atoms with Crippen molar-refractivity contribution < 1.29 is 13.9 Å². The fourth-order valence-electron chi connectivity index (χ4n) is 1.50. The number of nitrogens with zero attached hydrogens (tertiary/aromatic N) is 1. The molecule has 5 nitrogen and oxygen atoms in total. The van der Waals surface area contributed by atoms with E-state index in [1.54, 1.807) is 19.1 Å². The molecule has 0 aliphatic carbocycles. The maximum atomic E-state index is 11.6. The summed E-state index contributed by atoms with van der Waals surface area (Å²) in [5.41, 5.74) is 0.106. The van der Waals surface area contributed by atoms with Crippen LogP contribution in [0.5, 0.6) is 11.5 Å². The Morgan fingerprint density at radius 2 is 1.81 bits per heavy atom. The summed E-state index contributed by atoms with van der Waals surface area (Å²) in [6, 6.07) is 3.18. The van der Waals surface area contributed by atoms with Gasteiger partial charge in [-0.1, -0.05) is 0 Å². The molecule has 0 radical (unpaired) electrons. The number of aryl methyl sites for hydroxylation is 1. The van der Waals surface area contributed by atoms with Crippen LogP contribution in [0.25, 0.3) is 11.0 Å². The van der Waals surface area contributed by atoms with Crippen LogP contribution in [-0.2, 0) is 0 Å². The Morgan fingerprint density at radius 1 is 1.19 bits per heavy atom. The van der Waals surface area contributed by atoms with E-state index in [-0.39, 0.29) is 5.56 Å². The summed E-state index contributed by atoms with van der Waals surface area (Å²) in [7, 11) is 3.03. The summed E-state index contributed by atoms with van der Waals surface area (Å²) in [5.74, 6) is 1.32. The van der Waals surface area contributed by atoms with Crippen LogP contribution in [0.15, 0.2) is 21.3 Å². The van der Waals surface area contributed by atoms with Gasteiger partial charge in [0, 0.05) is 19.1 Å². The van der Waals surface area contributed by atoms with Crippen molar-refractivity contribution in [2.75, 3.05) is 14.2 Å². The first kappa shape index (κ1) is 10.5. The highest BCUT2D eigenvalue weighted by Gasteiger charge is 2.10. The van der Waals surface area contributed by atoms with E-state index in [0.29, 0.717) is 28.4 Å². The lowest BCUT2D eigenvalue weighted by Gasteiger charge is -2.07. The van der Waals surface area contributed by atoms with Crippen LogP contribution in [0, 0.1) is 6.92 Å². The Balaban J connectivity index is 2.83. The first-order valence-electron chi connectivity index (χ1n) is 4.69. The Morgan fingerprint density at radius 3 is 2.44 bits per heavy atom. The van der Waals surface area contributed by atoms with Gasteiger partial charge in [0.2, 0.25) is 0 Å². The summed E-state index contributed by atoms with van der Waals surface area (Å²) in [6.07, 6.45) is 0. The molecular weight excluding hydrogens is 210 g/mol. The van der Waals surface area contributed by atoms with E-state index in [1.165, 1.54) is 14.2 Å². The second-order valence-corrected chi connectivity index (χ2v) is 3.24. The molecule has 0 saturated carbocycles. The zero-order valence-corrected chi connectivity index (χ0v) is 9.23. The molecule has 0 spiro atoms. The van der Waals surface area contributed by atoms with Crippen molar-refractivity contribution >= 4 is 11.0 Å². The van der Waals surface area contributed by atoms with Crippen molar-refractivity contribution in [2.45, 2.75) is 6.92 Å². The van der Waals surface area contributed by atoms with Crippen LogP contribution < -0.4 is 15.0 Å². The minimum absolute atomic E-state index is 0.324. The van der Waals surface area contributed by atoms with Gasteiger partial charge in [-0.3, -0.25) is 4.79 Å². The highest BCUT2D eigenvalue weighted by atomic mass is 16.5. The molecule has 0 aliphatic rings. The van der Waals surface area contributed by atoms with Crippen LogP contribution in [0.1, 0.15) is 5.89 Å². The van der Waals surface area contributed by atoms with E-state index < -0.39 is 0 Å². The van der Waals surface area contributed by atoms with Crippen molar-refractivity contribution in [3.05, 3.63) is 28.4 Å². The summed E-state index contributed by atoms with van der Waals surface area (Å²) in [6.45, 7) is 1.62. The molecule has 2 aromatic rings. The van der Waals surface area contributed by atoms with Gasteiger partial charge in [-0.25, -0.2) is 0 Å². The van der Waals surface area contributed by atoms with Crippen LogP contribution in [0.4, 0.5) is 0 Å². The maximum Gasteiger partial charge on any atom is 0.283 e. The zero-order chi connectivity index (χ0) is 11.7. The number of rotatable bonds is 2. The van der Waals surface area contributed by atoms with Gasteiger partial charge in [-0.2, -0.15) is 4.98 Å². The number of fused-ring (bicyclic) bond motifs is 1. The van der Waals surface area contributed by atoms with E-state index in [4.69, 9.17) is 13.9 Å². The molecule has 1 aromatic carbocycles. The number of ether oxygens (including phenoxy) is 2. The van der Waals surface area contributed by atoms with Gasteiger partial charge in [-0.05, 0) is 0 Å². The van der Waals surface area contributed by atoms with Gasteiger partial charge in [-0.15, -0.1) is 0 Å². The zero-order valence-electron chi connectivity index (χ0n) is 9.23. The number of hydrogen-bond donors (Lipinski definition) is 0. The predicted molar refractivity (Wildman–Crippen MR) is 58.1 cm³/mol. The number of methoxy groups -OCH3 is 2. The van der Waals surface area contributed by atoms with Gasteiger partial charge in [0.1, 0.15) is 5.58 Å². The molecule has 1 aromatic heterocycles. The average molecular weight is 221 g/mol. The minimum atomic E-state index is -0.334. The van der Waals surface area contributed by atoms with Gasteiger partial charge in [0.15, 0.2) is 17.4 Å². The molecule has 0 atom stereocenters. The fraction of sp³-hybridized carbons (Fsp3) is 0.273. The molecule has 0 amide bonds. The quantitative estimate of drug-likeness (QED) is 0.769. The topological polar surface area (TPSA) is 61.6 Å². The molecule has 0 aliphatic heterocycles. The largest absolute Gasteiger partial charge is 0.493 e. The molecule has 0 saturated heterocycles. The summed E-state index contributed by atoms with van der Waals surface area (Å²) in [5, 5.41) is 0.378. The molecule has 0 unspecified atom stereocenters. The molecule has 0 N–H and O–H groups in total. The van der Waals surface area contributed by atoms with Gasteiger partial charge < -0.3 is 13.9 Å². The first-order valence-corrected chi connectivity index (χ1v) is 4.69. The third-order valence-corrected chi connectivity index (χ3v) is 2.23. The van der Waals surface area contributed by atoms with Crippen molar-refractivity contribution in [1.82, 2.24) is 4.98 Å². The molecule has 1 heterocycles. The SMILES string of the molecule is COc1cc2oc(C)nc(=O)c2cc1OC. The third kappa shape index (κ3) is 1.60. The lowest BCUT2D eigenvalue weighted by molar-refractivity contribution is 0.355. The molecule has 84 valence electrons. The van der Waals surface area contributed by atoms with Crippen LogP contribution in [-0.4, -0.2) is 19.2 Å². The summed E-state index contributed by atoms with van der Waals surface area (Å²) >= 11 is 0. The van der Waals surface area contributed by atoms with Crippen molar-refractivity contribution in [3.8, 4) is 11.5 Å². The maximum absolute atomic E-state index is 11.6. The standard InChI is InChI=1S/C11H11NO4/c1-6-12-11(13)7-4-9(14-2)10(15-3)5-8(7)16-6/h4-5H,1-3H3. The lowest BCUT2D eigenvalue weighted by atomic mass is 10.2. The normalized spacial score (nSPS) is 10.4. The van der Waals surface area contributed by atoms with Crippen molar-refractivity contribution in [3.63, 3.8) is 0 Å². The van der Waals surface area contributed by atoms with E-state index in [1.807, 2.05) is 0 Å². The molecular formula is C11H11NO4. The van der Waals surface area contributed by atoms with Crippen LogP contribution in [0.2, 0.25) is 0 Å². The predicted octanol–water partition coefficient (Wildman–Crippen LogP) is 1.51. The highest BCUT2D eigenvalue weighted by molar-refractivity contribution is 5.80. The van der Waals surface area contributed by atoms with E-state index >= 15 is 0 Å². The molecule has 16 heavy (non-hydrogen) atoms. The highest BCUT2D eigenvalue weighted by Crippen LogP contribution is 2.30. The Kier molecular flexibility index (Phi) is 2.52. The van der Waals surface area contributed by atoms with E-state index in [2.05, 4.69) is 4.98 Å². The number of benzene rings is 1. The monoisotopic (exact) mass is 221 g/mol. The first-order chi connectivity index (χ1) is 7.65. The Bertz CT molecular complexity index is 588. The summed E-state index contributed by atoms with van der Waals surface area (Å²) < 4.78 is 15.6. The smallest absolute Gasteiger partial charge is 0.283 e. The molecule has 0 fully saturated rings. The minimum Gasteiger partial charge on any atom is -0.493 e. The fourth-order valence-corrected chi connectivity index (χ4v) is 1.50. The van der Waals surface area contributed by atoms with Crippen molar-refractivity contribution in [1.29, 1.82) is 0 Å². The number of aromatic nitrogens is 1. The Hall–Kier alpha value is -2.04. The molecule has 2 rings (SSSR count). The second kappa shape index (κ2) is 3.84. The summed E-state index contributed by atoms with van der Waals surface area (Å²) in [4.78, 5) is 15.3. The van der Waals surface area contributed by atoms with Gasteiger partial charge in [0.05, 0.1) is 19.6 Å². The van der Waals surface area contributed by atoms with Gasteiger partial charge >= 0.3 is 0 Å².